The molecule has 2 rings (SSSR count). The Morgan fingerprint density at radius 3 is 2.52 bits per heavy atom. The second-order valence-corrected chi connectivity index (χ2v) is 5.39. The highest BCUT2D eigenvalue weighted by Crippen LogP contribution is 2.35. The Bertz CT molecular complexity index is 755. The van der Waals surface area contributed by atoms with Crippen molar-refractivity contribution >= 4 is 28.9 Å². The average molecular weight is 345 g/mol. The van der Waals surface area contributed by atoms with Crippen LogP contribution in [0.5, 0.6) is 11.5 Å². The molecular weight excluding hydrogens is 335 g/mol. The van der Waals surface area contributed by atoms with Gasteiger partial charge in [0.15, 0.2) is 16.4 Å². The van der Waals surface area contributed by atoms with Gasteiger partial charge in [-0.25, -0.2) is 4.79 Å². The largest absolute Gasteiger partial charge is 0.477 e. The molecule has 0 spiro atoms. The number of amides is 1. The number of anilines is 1. The summed E-state index contributed by atoms with van der Waals surface area (Å²) >= 11 is 0.912. The van der Waals surface area contributed by atoms with E-state index in [9.17, 15) is 22.8 Å². The second-order valence-electron chi connectivity index (χ2n) is 4.47. The minimum absolute atomic E-state index is 0.0196. The van der Waals surface area contributed by atoms with E-state index in [4.69, 9.17) is 9.84 Å². The zero-order chi connectivity index (χ0) is 17.2. The lowest BCUT2D eigenvalue weighted by Gasteiger charge is -2.14. The number of thiophene rings is 1. The van der Waals surface area contributed by atoms with Crippen LogP contribution in [0.1, 0.15) is 15.2 Å². The van der Waals surface area contributed by atoms with Crippen LogP contribution in [0.4, 0.5) is 18.9 Å². The normalized spacial score (nSPS) is 11.1. The lowest BCUT2D eigenvalue weighted by atomic mass is 10.2. The molecule has 0 bridgehead atoms. The molecule has 9 heteroatoms. The molecule has 0 saturated heterocycles. The number of aromatic carboxylic acids is 1. The molecule has 0 aliphatic carbocycles. The van der Waals surface area contributed by atoms with E-state index in [1.165, 1.54) is 23.6 Å². The predicted octanol–water partition coefficient (Wildman–Crippen LogP) is 4.05. The molecule has 5 nitrogen and oxygen atoms in total. The van der Waals surface area contributed by atoms with Gasteiger partial charge >= 0.3 is 18.1 Å². The molecule has 0 saturated carbocycles. The van der Waals surface area contributed by atoms with Gasteiger partial charge in [-0.05, 0) is 36.1 Å². The summed E-state index contributed by atoms with van der Waals surface area (Å²) in [6, 6.07) is 5.59. The van der Waals surface area contributed by atoms with Crippen LogP contribution in [0, 0.1) is 6.92 Å². The zero-order valence-corrected chi connectivity index (χ0v) is 12.4. The highest BCUT2D eigenvalue weighted by atomic mass is 32.1. The summed E-state index contributed by atoms with van der Waals surface area (Å²) in [6.45, 7) is 1.63. The fourth-order valence-electron chi connectivity index (χ4n) is 1.68. The zero-order valence-electron chi connectivity index (χ0n) is 11.6. The lowest BCUT2D eigenvalue weighted by Crippen LogP contribution is -2.30. The van der Waals surface area contributed by atoms with Crippen LogP contribution >= 0.6 is 11.3 Å². The van der Waals surface area contributed by atoms with Crippen LogP contribution in [0.25, 0.3) is 0 Å². The number of ether oxygens (including phenoxy) is 1. The van der Waals surface area contributed by atoms with Crippen LogP contribution in [0.3, 0.4) is 0 Å². The van der Waals surface area contributed by atoms with Crippen molar-refractivity contribution in [2.24, 2.45) is 0 Å². The number of carbonyl (C=O) groups excluding carboxylic acids is 1. The molecular formula is C14H10F3NO4S. The number of aryl methyl sites for hydroxylation is 1. The summed E-state index contributed by atoms with van der Waals surface area (Å²) < 4.78 is 42.5. The molecule has 1 aromatic heterocycles. The Kier molecular flexibility index (Phi) is 4.60. The summed E-state index contributed by atoms with van der Waals surface area (Å²) in [5.74, 6) is -3.47. The van der Waals surface area contributed by atoms with E-state index in [-0.39, 0.29) is 22.1 Å². The van der Waals surface area contributed by atoms with Gasteiger partial charge in [-0.15, -0.1) is 11.3 Å². The van der Waals surface area contributed by atoms with Crippen LogP contribution in [-0.4, -0.2) is 23.2 Å². The maximum Gasteiger partial charge on any atom is 0.471 e. The molecule has 23 heavy (non-hydrogen) atoms. The first-order valence-corrected chi connectivity index (χ1v) is 7.04. The number of benzene rings is 1. The minimum atomic E-state index is -5.05. The summed E-state index contributed by atoms with van der Waals surface area (Å²) in [5.41, 5.74) is 0.397. The van der Waals surface area contributed by atoms with Crippen molar-refractivity contribution in [2.75, 3.05) is 5.32 Å². The smallest absolute Gasteiger partial charge is 0.471 e. The number of hydrogen-bond acceptors (Lipinski definition) is 4. The molecule has 0 fully saturated rings. The molecule has 1 amide bonds. The first-order chi connectivity index (χ1) is 10.7. The quantitative estimate of drug-likeness (QED) is 0.877. The number of carbonyl (C=O) groups is 2. The van der Waals surface area contributed by atoms with Gasteiger partial charge in [-0.3, -0.25) is 4.79 Å². The van der Waals surface area contributed by atoms with Gasteiger partial charge in [0.25, 0.3) is 0 Å². The summed E-state index contributed by atoms with van der Waals surface area (Å²) in [4.78, 5) is 22.0. The van der Waals surface area contributed by atoms with E-state index >= 15 is 0 Å². The molecule has 0 aliphatic rings. The topological polar surface area (TPSA) is 75.6 Å². The molecule has 2 N–H and O–H groups in total. The van der Waals surface area contributed by atoms with Gasteiger partial charge in [-0.2, -0.15) is 13.2 Å². The number of carboxylic acid groups (broad SMARTS) is 1. The Morgan fingerprint density at radius 2 is 1.91 bits per heavy atom. The number of hydrogen-bond donors (Lipinski definition) is 2. The van der Waals surface area contributed by atoms with E-state index in [1.54, 1.807) is 18.3 Å². The Hall–Kier alpha value is -2.55. The Balaban J connectivity index is 2.34. The Morgan fingerprint density at radius 1 is 1.22 bits per heavy atom. The third kappa shape index (κ3) is 4.01. The lowest BCUT2D eigenvalue weighted by molar-refractivity contribution is -0.167. The average Bonchev–Trinajstić information content (AvgIpc) is 2.89. The number of rotatable bonds is 4. The van der Waals surface area contributed by atoms with Gasteiger partial charge in [0, 0.05) is 0 Å². The van der Waals surface area contributed by atoms with Gasteiger partial charge < -0.3 is 15.2 Å². The fraction of sp³-hybridized carbons (Fsp3) is 0.143. The van der Waals surface area contributed by atoms with Gasteiger partial charge in [0.05, 0.1) is 5.69 Å². The molecule has 0 radical (unpaired) electrons. The molecule has 1 aromatic carbocycles. The van der Waals surface area contributed by atoms with Crippen molar-refractivity contribution in [1.29, 1.82) is 0 Å². The van der Waals surface area contributed by atoms with E-state index < -0.39 is 18.1 Å². The second kappa shape index (κ2) is 6.29. The van der Waals surface area contributed by atoms with E-state index in [1.807, 2.05) is 0 Å². The van der Waals surface area contributed by atoms with Gasteiger partial charge in [0.1, 0.15) is 0 Å². The summed E-state index contributed by atoms with van der Waals surface area (Å²) in [7, 11) is 0. The number of carboxylic acids is 1. The fourth-order valence-corrected chi connectivity index (χ4v) is 2.33. The van der Waals surface area contributed by atoms with Crippen molar-refractivity contribution in [1.82, 2.24) is 0 Å². The monoisotopic (exact) mass is 345 g/mol. The SMILES string of the molecule is Cc1ccc(Oc2ccsc2C(=O)O)c(NC(=O)C(F)(F)F)c1. The summed E-state index contributed by atoms with van der Waals surface area (Å²) in [6.07, 6.45) is -5.05. The van der Waals surface area contributed by atoms with Crippen LogP contribution in [0.15, 0.2) is 29.6 Å². The van der Waals surface area contributed by atoms with E-state index in [2.05, 4.69) is 0 Å². The van der Waals surface area contributed by atoms with Gasteiger partial charge in [0.2, 0.25) is 0 Å². The standard InChI is InChI=1S/C14H10F3NO4S/c1-7-2-3-9(8(6-7)18-13(21)14(15,16)17)22-10-4-5-23-11(10)12(19)20/h2-6H,1H3,(H,18,21)(H,19,20). The van der Waals surface area contributed by atoms with E-state index in [0.29, 0.717) is 5.56 Å². The first-order valence-electron chi connectivity index (χ1n) is 6.16. The molecule has 2 aromatic rings. The van der Waals surface area contributed by atoms with Crippen LogP contribution in [-0.2, 0) is 4.79 Å². The van der Waals surface area contributed by atoms with Crippen molar-refractivity contribution in [3.8, 4) is 11.5 Å². The van der Waals surface area contributed by atoms with E-state index in [0.717, 1.165) is 11.3 Å². The van der Waals surface area contributed by atoms with Gasteiger partial charge in [-0.1, -0.05) is 6.07 Å². The third-order valence-corrected chi connectivity index (χ3v) is 3.57. The number of nitrogens with one attached hydrogen (secondary N) is 1. The maximum absolute atomic E-state index is 12.4. The highest BCUT2D eigenvalue weighted by Gasteiger charge is 2.39. The van der Waals surface area contributed by atoms with Crippen molar-refractivity contribution in [2.45, 2.75) is 13.1 Å². The molecule has 0 unspecified atom stereocenters. The third-order valence-electron chi connectivity index (χ3n) is 2.68. The van der Waals surface area contributed by atoms with Crippen molar-refractivity contribution < 1.29 is 32.6 Å². The minimum Gasteiger partial charge on any atom is -0.477 e. The molecule has 1 heterocycles. The highest BCUT2D eigenvalue weighted by molar-refractivity contribution is 7.12. The first kappa shape index (κ1) is 16.8. The van der Waals surface area contributed by atoms with Crippen LogP contribution in [0.2, 0.25) is 0 Å². The maximum atomic E-state index is 12.4. The number of halogens is 3. The van der Waals surface area contributed by atoms with Crippen LogP contribution < -0.4 is 10.1 Å². The molecule has 0 atom stereocenters. The predicted molar refractivity (Wildman–Crippen MR) is 77.2 cm³/mol. The Labute approximate surface area is 132 Å². The molecule has 0 aliphatic heterocycles. The van der Waals surface area contributed by atoms with Crippen molar-refractivity contribution in [3.63, 3.8) is 0 Å². The van der Waals surface area contributed by atoms with Crippen molar-refractivity contribution in [3.05, 3.63) is 40.1 Å². The number of alkyl halides is 3. The molecule has 122 valence electrons. The summed E-state index contributed by atoms with van der Waals surface area (Å²) in [5, 5.41) is 12.2.